The molecule has 0 aliphatic carbocycles. The summed E-state index contributed by atoms with van der Waals surface area (Å²) in [4.78, 5) is 3.42. The molecule has 0 amide bonds. The van der Waals surface area contributed by atoms with Crippen molar-refractivity contribution in [2.24, 2.45) is 0 Å². The summed E-state index contributed by atoms with van der Waals surface area (Å²) >= 11 is 0. The maximum atomic E-state index is 12.4. The van der Waals surface area contributed by atoms with Crippen LogP contribution >= 0.6 is 0 Å². The van der Waals surface area contributed by atoms with Gasteiger partial charge in [-0.2, -0.15) is 13.2 Å². The number of benzene rings is 1. The number of phenolic OH excluding ortho intramolecular Hbond substituents is 1. The molecule has 2 aliphatic heterocycles. The number of piperazine rings is 1. The average molecular weight is 318 g/mol. The Labute approximate surface area is 125 Å². The van der Waals surface area contributed by atoms with Gasteiger partial charge in [-0.3, -0.25) is 9.80 Å². The van der Waals surface area contributed by atoms with Crippen molar-refractivity contribution in [1.82, 2.24) is 9.80 Å². The molecule has 1 aromatic rings. The van der Waals surface area contributed by atoms with Crippen molar-refractivity contribution in [2.75, 3.05) is 39.5 Å². The summed E-state index contributed by atoms with van der Waals surface area (Å²) in [7, 11) is 0. The molecular formula is C14H17F3N2O3. The van der Waals surface area contributed by atoms with Crippen LogP contribution in [-0.2, 0) is 6.54 Å². The van der Waals surface area contributed by atoms with Crippen LogP contribution in [-0.4, -0.2) is 60.6 Å². The van der Waals surface area contributed by atoms with E-state index < -0.39 is 12.7 Å². The Morgan fingerprint density at radius 3 is 2.23 bits per heavy atom. The number of hydrogen-bond donors (Lipinski definition) is 1. The Bertz CT molecular complexity index is 543. The zero-order chi connectivity index (χ0) is 15.7. The first kappa shape index (κ1) is 15.2. The van der Waals surface area contributed by atoms with Gasteiger partial charge >= 0.3 is 6.18 Å². The summed E-state index contributed by atoms with van der Waals surface area (Å²) in [5.41, 5.74) is 0.688. The standard InChI is InChI=1S/C14H17F3N2O3/c15-14(16,17)8-19-3-1-18(2-4-19)7-10-5-12-13(6-11(10)20)22-9-21-12/h5-6,20H,1-4,7-9H2. The van der Waals surface area contributed by atoms with Crippen molar-refractivity contribution < 1.29 is 27.8 Å². The average Bonchev–Trinajstić information content (AvgIpc) is 2.87. The second-order valence-electron chi connectivity index (χ2n) is 5.50. The summed E-state index contributed by atoms with van der Waals surface area (Å²) in [6, 6.07) is 3.23. The van der Waals surface area contributed by atoms with E-state index in [9.17, 15) is 18.3 Å². The molecule has 0 spiro atoms. The minimum absolute atomic E-state index is 0.113. The van der Waals surface area contributed by atoms with E-state index in [4.69, 9.17) is 9.47 Å². The lowest BCUT2D eigenvalue weighted by Crippen LogP contribution is -2.48. The number of ether oxygens (including phenoxy) is 2. The highest BCUT2D eigenvalue weighted by atomic mass is 19.4. The Morgan fingerprint density at radius 1 is 1.00 bits per heavy atom. The Balaban J connectivity index is 1.57. The second kappa shape index (κ2) is 5.85. The SMILES string of the molecule is Oc1cc2c(cc1CN1CCN(CC(F)(F)F)CC1)OCO2. The third-order valence-corrected chi connectivity index (χ3v) is 3.84. The summed E-state index contributed by atoms with van der Waals surface area (Å²) in [5.74, 6) is 1.21. The van der Waals surface area contributed by atoms with Gasteiger partial charge in [-0.05, 0) is 6.07 Å². The molecule has 2 aliphatic rings. The highest BCUT2D eigenvalue weighted by molar-refractivity contribution is 5.51. The normalized spacial score (nSPS) is 19.6. The monoisotopic (exact) mass is 318 g/mol. The fourth-order valence-electron chi connectivity index (χ4n) is 2.70. The number of rotatable bonds is 3. The highest BCUT2D eigenvalue weighted by Crippen LogP contribution is 2.38. The lowest BCUT2D eigenvalue weighted by molar-refractivity contribution is -0.149. The summed E-state index contributed by atoms with van der Waals surface area (Å²) < 4.78 is 47.5. The molecule has 3 rings (SSSR count). The van der Waals surface area contributed by atoms with E-state index in [-0.39, 0.29) is 12.5 Å². The molecule has 1 fully saturated rings. The number of fused-ring (bicyclic) bond motifs is 1. The number of aromatic hydroxyl groups is 1. The topological polar surface area (TPSA) is 45.2 Å². The van der Waals surface area contributed by atoms with Gasteiger partial charge in [0.2, 0.25) is 6.79 Å². The van der Waals surface area contributed by atoms with E-state index >= 15 is 0 Å². The molecule has 0 bridgehead atoms. The summed E-state index contributed by atoms with van der Waals surface area (Å²) in [6.45, 7) is 1.54. The van der Waals surface area contributed by atoms with E-state index in [2.05, 4.69) is 0 Å². The lowest BCUT2D eigenvalue weighted by Gasteiger charge is -2.35. The van der Waals surface area contributed by atoms with E-state index in [1.807, 2.05) is 4.90 Å². The molecule has 0 atom stereocenters. The number of phenols is 1. The number of halogens is 3. The Kier molecular flexibility index (Phi) is 4.05. The minimum atomic E-state index is -4.15. The van der Waals surface area contributed by atoms with Crippen molar-refractivity contribution in [2.45, 2.75) is 12.7 Å². The molecule has 22 heavy (non-hydrogen) atoms. The van der Waals surface area contributed by atoms with Crippen LogP contribution in [0, 0.1) is 0 Å². The van der Waals surface area contributed by atoms with Gasteiger partial charge in [0, 0.05) is 44.4 Å². The first-order valence-electron chi connectivity index (χ1n) is 7.04. The van der Waals surface area contributed by atoms with Crippen LogP contribution in [0.2, 0.25) is 0 Å². The van der Waals surface area contributed by atoms with Crippen molar-refractivity contribution >= 4 is 0 Å². The maximum Gasteiger partial charge on any atom is 0.401 e. The van der Waals surface area contributed by atoms with Crippen LogP contribution in [0.4, 0.5) is 13.2 Å². The van der Waals surface area contributed by atoms with Gasteiger partial charge < -0.3 is 14.6 Å². The van der Waals surface area contributed by atoms with Crippen molar-refractivity contribution in [1.29, 1.82) is 0 Å². The van der Waals surface area contributed by atoms with E-state index in [1.54, 1.807) is 6.07 Å². The first-order valence-corrected chi connectivity index (χ1v) is 7.04. The molecule has 0 unspecified atom stereocenters. The van der Waals surface area contributed by atoms with Crippen LogP contribution in [0.15, 0.2) is 12.1 Å². The molecule has 0 saturated carbocycles. The van der Waals surface area contributed by atoms with Crippen molar-refractivity contribution in [3.63, 3.8) is 0 Å². The molecule has 122 valence electrons. The largest absolute Gasteiger partial charge is 0.507 e. The Hall–Kier alpha value is -1.67. The second-order valence-corrected chi connectivity index (χ2v) is 5.50. The van der Waals surface area contributed by atoms with Crippen LogP contribution in [0.5, 0.6) is 17.2 Å². The molecule has 8 heteroatoms. The third kappa shape index (κ3) is 3.56. The van der Waals surface area contributed by atoms with Crippen LogP contribution in [0.1, 0.15) is 5.56 Å². The molecular weight excluding hydrogens is 301 g/mol. The van der Waals surface area contributed by atoms with Crippen molar-refractivity contribution in [3.8, 4) is 17.2 Å². The summed E-state index contributed by atoms with van der Waals surface area (Å²) in [5, 5.41) is 9.99. The zero-order valence-corrected chi connectivity index (χ0v) is 11.9. The molecule has 1 saturated heterocycles. The Morgan fingerprint density at radius 2 is 1.59 bits per heavy atom. The predicted molar refractivity (Wildman–Crippen MR) is 72.0 cm³/mol. The molecule has 2 heterocycles. The highest BCUT2D eigenvalue weighted by Gasteiger charge is 2.32. The van der Waals surface area contributed by atoms with Gasteiger partial charge in [0.15, 0.2) is 11.5 Å². The number of nitrogens with zero attached hydrogens (tertiary/aromatic N) is 2. The molecule has 1 N–H and O–H groups in total. The van der Waals surface area contributed by atoms with Gasteiger partial charge in [-0.25, -0.2) is 0 Å². The third-order valence-electron chi connectivity index (χ3n) is 3.84. The first-order chi connectivity index (χ1) is 10.4. The fraction of sp³-hybridized carbons (Fsp3) is 0.571. The predicted octanol–water partition coefficient (Wildman–Crippen LogP) is 1.80. The van der Waals surface area contributed by atoms with E-state index in [0.29, 0.717) is 49.8 Å². The molecule has 0 aromatic heterocycles. The van der Waals surface area contributed by atoms with Gasteiger partial charge in [0.1, 0.15) is 5.75 Å². The lowest BCUT2D eigenvalue weighted by atomic mass is 10.1. The number of hydrogen-bond acceptors (Lipinski definition) is 5. The summed E-state index contributed by atoms with van der Waals surface area (Å²) in [6.07, 6.45) is -4.15. The molecule has 5 nitrogen and oxygen atoms in total. The minimum Gasteiger partial charge on any atom is -0.507 e. The van der Waals surface area contributed by atoms with E-state index in [0.717, 1.165) is 0 Å². The maximum absolute atomic E-state index is 12.4. The number of alkyl halides is 3. The zero-order valence-electron chi connectivity index (χ0n) is 11.9. The van der Waals surface area contributed by atoms with Gasteiger partial charge in [-0.1, -0.05) is 0 Å². The van der Waals surface area contributed by atoms with Crippen LogP contribution in [0.25, 0.3) is 0 Å². The van der Waals surface area contributed by atoms with Crippen LogP contribution in [0.3, 0.4) is 0 Å². The fourth-order valence-corrected chi connectivity index (χ4v) is 2.70. The van der Waals surface area contributed by atoms with Gasteiger partial charge in [0.25, 0.3) is 0 Å². The molecule has 1 aromatic carbocycles. The van der Waals surface area contributed by atoms with E-state index in [1.165, 1.54) is 11.0 Å². The van der Waals surface area contributed by atoms with Crippen molar-refractivity contribution in [3.05, 3.63) is 17.7 Å². The smallest absolute Gasteiger partial charge is 0.401 e. The quantitative estimate of drug-likeness (QED) is 0.921. The molecule has 0 radical (unpaired) electrons. The van der Waals surface area contributed by atoms with Crippen LogP contribution < -0.4 is 9.47 Å². The van der Waals surface area contributed by atoms with Gasteiger partial charge in [0.05, 0.1) is 6.54 Å². The van der Waals surface area contributed by atoms with Gasteiger partial charge in [-0.15, -0.1) is 0 Å².